The van der Waals surface area contributed by atoms with Gasteiger partial charge in [-0.25, -0.2) is 0 Å². The third kappa shape index (κ3) is 2.35. The van der Waals surface area contributed by atoms with Crippen LogP contribution in [0.2, 0.25) is 0 Å². The molecule has 0 spiro atoms. The number of methoxy groups -OCH3 is 1. The number of H-pyrrole nitrogens is 1. The van der Waals surface area contributed by atoms with Gasteiger partial charge in [0.1, 0.15) is 5.69 Å². The van der Waals surface area contributed by atoms with E-state index >= 15 is 0 Å². The average Bonchev–Trinajstić information content (AvgIpc) is 3.08. The fourth-order valence-electron chi connectivity index (χ4n) is 3.70. The molecule has 2 bridgehead atoms. The first-order valence-corrected chi connectivity index (χ1v) is 8.46. The van der Waals surface area contributed by atoms with E-state index in [2.05, 4.69) is 28.1 Å². The van der Waals surface area contributed by atoms with Crippen molar-refractivity contribution in [2.24, 2.45) is 0 Å². The van der Waals surface area contributed by atoms with Crippen molar-refractivity contribution in [1.82, 2.24) is 10.2 Å². The van der Waals surface area contributed by atoms with Gasteiger partial charge in [0.15, 0.2) is 11.5 Å². The van der Waals surface area contributed by atoms with E-state index in [1.807, 2.05) is 12.1 Å². The molecule has 1 aromatic heterocycles. The summed E-state index contributed by atoms with van der Waals surface area (Å²) in [5.74, 6) is 2.21. The molecular weight excluding hydrogens is 290 g/mol. The van der Waals surface area contributed by atoms with Gasteiger partial charge in [0.05, 0.1) is 25.1 Å². The number of aromatic nitrogens is 2. The van der Waals surface area contributed by atoms with Crippen LogP contribution < -0.4 is 14.4 Å². The molecule has 0 atom stereocenters. The summed E-state index contributed by atoms with van der Waals surface area (Å²) in [6, 6.07) is 6.09. The van der Waals surface area contributed by atoms with Crippen LogP contribution >= 0.6 is 0 Å². The van der Waals surface area contributed by atoms with Gasteiger partial charge >= 0.3 is 0 Å². The topological polar surface area (TPSA) is 50.4 Å². The number of ether oxygens (including phenoxy) is 2. The minimum Gasteiger partial charge on any atom is -0.493 e. The SMILES string of the molecule is CCCOc1cc(-c2n[nH]c3c2N2CCC3CC2)ccc1OC. The van der Waals surface area contributed by atoms with Crippen molar-refractivity contribution in [1.29, 1.82) is 0 Å². The number of nitrogens with one attached hydrogen (secondary N) is 1. The van der Waals surface area contributed by atoms with E-state index in [1.165, 1.54) is 24.2 Å². The van der Waals surface area contributed by atoms with Crippen molar-refractivity contribution >= 4 is 5.69 Å². The number of nitrogens with zero attached hydrogens (tertiary/aromatic N) is 2. The van der Waals surface area contributed by atoms with Gasteiger partial charge in [0.2, 0.25) is 0 Å². The van der Waals surface area contributed by atoms with E-state index < -0.39 is 0 Å². The number of benzene rings is 1. The summed E-state index contributed by atoms with van der Waals surface area (Å²) in [6.07, 6.45) is 3.45. The maximum atomic E-state index is 5.85. The number of hydrogen-bond acceptors (Lipinski definition) is 4. The molecule has 1 aromatic carbocycles. The summed E-state index contributed by atoms with van der Waals surface area (Å²) in [4.78, 5) is 2.46. The van der Waals surface area contributed by atoms with Crippen molar-refractivity contribution in [2.75, 3.05) is 31.7 Å². The highest BCUT2D eigenvalue weighted by molar-refractivity contribution is 5.80. The van der Waals surface area contributed by atoms with Crippen LogP contribution in [0.15, 0.2) is 18.2 Å². The molecule has 0 amide bonds. The van der Waals surface area contributed by atoms with Crippen molar-refractivity contribution in [3.8, 4) is 22.8 Å². The molecule has 1 saturated heterocycles. The molecule has 2 aromatic rings. The van der Waals surface area contributed by atoms with E-state index in [0.717, 1.165) is 42.3 Å². The highest BCUT2D eigenvalue weighted by Gasteiger charge is 2.35. The van der Waals surface area contributed by atoms with Crippen LogP contribution in [0.3, 0.4) is 0 Å². The number of anilines is 1. The molecule has 0 saturated carbocycles. The second kappa shape index (κ2) is 5.80. The maximum absolute atomic E-state index is 5.85. The number of fused-ring (bicyclic) bond motifs is 2. The molecule has 122 valence electrons. The highest BCUT2D eigenvalue weighted by Crippen LogP contribution is 2.46. The Balaban J connectivity index is 1.74. The van der Waals surface area contributed by atoms with Crippen LogP contribution in [0.25, 0.3) is 11.3 Å². The number of piperidine rings is 1. The minimum absolute atomic E-state index is 0.644. The van der Waals surface area contributed by atoms with E-state index in [0.29, 0.717) is 12.5 Å². The average molecular weight is 313 g/mol. The van der Waals surface area contributed by atoms with Crippen LogP contribution in [-0.4, -0.2) is 37.0 Å². The van der Waals surface area contributed by atoms with Gasteiger partial charge in [-0.3, -0.25) is 5.10 Å². The van der Waals surface area contributed by atoms with Gasteiger partial charge in [0, 0.05) is 24.6 Å². The van der Waals surface area contributed by atoms with Gasteiger partial charge in [-0.2, -0.15) is 5.10 Å². The lowest BCUT2D eigenvalue weighted by molar-refractivity contribution is 0.294. The smallest absolute Gasteiger partial charge is 0.161 e. The van der Waals surface area contributed by atoms with Crippen molar-refractivity contribution in [3.05, 3.63) is 23.9 Å². The molecule has 3 aliphatic rings. The lowest BCUT2D eigenvalue weighted by atomic mass is 9.86. The number of rotatable bonds is 5. The molecule has 1 fully saturated rings. The minimum atomic E-state index is 0.644. The fourth-order valence-corrected chi connectivity index (χ4v) is 3.70. The summed E-state index contributed by atoms with van der Waals surface area (Å²) in [6.45, 7) is 5.07. The van der Waals surface area contributed by atoms with Crippen LogP contribution in [0.4, 0.5) is 5.69 Å². The molecule has 4 heterocycles. The third-order valence-electron chi connectivity index (χ3n) is 4.89. The maximum Gasteiger partial charge on any atom is 0.161 e. The quantitative estimate of drug-likeness (QED) is 0.917. The summed E-state index contributed by atoms with van der Waals surface area (Å²) in [7, 11) is 1.68. The largest absolute Gasteiger partial charge is 0.493 e. The third-order valence-corrected chi connectivity index (χ3v) is 4.89. The lowest BCUT2D eigenvalue weighted by Gasteiger charge is -2.40. The van der Waals surface area contributed by atoms with Crippen molar-refractivity contribution < 1.29 is 9.47 Å². The lowest BCUT2D eigenvalue weighted by Crippen LogP contribution is -2.38. The van der Waals surface area contributed by atoms with Crippen LogP contribution in [0.1, 0.15) is 37.8 Å². The molecule has 5 heteroatoms. The van der Waals surface area contributed by atoms with Gasteiger partial charge in [-0.05, 0) is 37.5 Å². The second-order valence-corrected chi connectivity index (χ2v) is 6.31. The fraction of sp³-hybridized carbons (Fsp3) is 0.500. The van der Waals surface area contributed by atoms with Crippen molar-refractivity contribution in [3.63, 3.8) is 0 Å². The van der Waals surface area contributed by atoms with Gasteiger partial charge in [-0.15, -0.1) is 0 Å². The van der Waals surface area contributed by atoms with E-state index in [1.54, 1.807) is 7.11 Å². The summed E-state index contributed by atoms with van der Waals surface area (Å²) in [5.41, 5.74) is 4.72. The Morgan fingerprint density at radius 2 is 2.09 bits per heavy atom. The Labute approximate surface area is 136 Å². The molecule has 23 heavy (non-hydrogen) atoms. The molecule has 3 aliphatic heterocycles. The number of hydrogen-bond donors (Lipinski definition) is 1. The van der Waals surface area contributed by atoms with Crippen LogP contribution in [0, 0.1) is 0 Å². The predicted octanol–water partition coefficient (Wildman–Crippen LogP) is 3.57. The Kier molecular flexibility index (Phi) is 3.63. The Morgan fingerprint density at radius 1 is 1.26 bits per heavy atom. The first kappa shape index (κ1) is 14.4. The molecule has 1 N–H and O–H groups in total. The first-order chi connectivity index (χ1) is 11.3. The van der Waals surface area contributed by atoms with E-state index in [9.17, 15) is 0 Å². The molecule has 0 aliphatic carbocycles. The molecule has 0 radical (unpaired) electrons. The predicted molar refractivity (Wildman–Crippen MR) is 90.5 cm³/mol. The summed E-state index contributed by atoms with van der Waals surface area (Å²) < 4.78 is 11.3. The number of aromatic amines is 1. The van der Waals surface area contributed by atoms with Gasteiger partial charge in [0.25, 0.3) is 0 Å². The Morgan fingerprint density at radius 3 is 2.83 bits per heavy atom. The zero-order valence-corrected chi connectivity index (χ0v) is 13.8. The molecule has 0 unspecified atom stereocenters. The molecule has 5 rings (SSSR count). The van der Waals surface area contributed by atoms with E-state index in [4.69, 9.17) is 9.47 Å². The van der Waals surface area contributed by atoms with Crippen LogP contribution in [0.5, 0.6) is 11.5 Å². The molecule has 5 nitrogen and oxygen atoms in total. The Bertz CT molecular complexity index is 702. The zero-order valence-electron chi connectivity index (χ0n) is 13.8. The summed E-state index contributed by atoms with van der Waals surface area (Å²) in [5, 5.41) is 7.91. The molecular formula is C18H23N3O2. The standard InChI is InChI=1S/C18H23N3O2/c1-3-10-23-15-11-13(4-5-14(15)22-2)17-18-16(19-20-17)12-6-8-21(18)9-7-12/h4-5,11-12H,3,6-10H2,1-2H3,(H,19,20). The Hall–Kier alpha value is -2.17. The van der Waals surface area contributed by atoms with Gasteiger partial charge < -0.3 is 14.4 Å². The second-order valence-electron chi connectivity index (χ2n) is 6.31. The van der Waals surface area contributed by atoms with E-state index in [-0.39, 0.29) is 0 Å². The zero-order chi connectivity index (χ0) is 15.8. The highest BCUT2D eigenvalue weighted by atomic mass is 16.5. The van der Waals surface area contributed by atoms with Gasteiger partial charge in [-0.1, -0.05) is 6.92 Å². The van der Waals surface area contributed by atoms with Crippen molar-refractivity contribution in [2.45, 2.75) is 32.1 Å². The monoisotopic (exact) mass is 313 g/mol. The summed E-state index contributed by atoms with van der Waals surface area (Å²) >= 11 is 0. The van der Waals surface area contributed by atoms with Crippen LogP contribution in [-0.2, 0) is 0 Å². The normalized spacial score (nSPS) is 16.5. The first-order valence-electron chi connectivity index (χ1n) is 8.46.